The Morgan fingerprint density at radius 2 is 1.73 bits per heavy atom. The van der Waals surface area contributed by atoms with Crippen LogP contribution >= 0.6 is 0 Å². The predicted molar refractivity (Wildman–Crippen MR) is 98.4 cm³/mol. The number of hydrazone groups is 1. The molecule has 0 radical (unpaired) electrons. The second-order valence-electron chi connectivity index (χ2n) is 5.73. The van der Waals surface area contributed by atoms with Crippen molar-refractivity contribution in [2.24, 2.45) is 5.10 Å². The van der Waals surface area contributed by atoms with Crippen molar-refractivity contribution in [2.75, 3.05) is 0 Å². The topological polar surface area (TPSA) is 104 Å². The molecule has 1 heterocycles. The fraction of sp³-hybridized carbons (Fsp3) is 0.263. The second-order valence-corrected chi connectivity index (χ2v) is 5.73. The van der Waals surface area contributed by atoms with Gasteiger partial charge in [0.2, 0.25) is 11.8 Å². The lowest BCUT2D eigenvalue weighted by molar-refractivity contribution is -0.129. The first kappa shape index (κ1) is 19.3. The van der Waals surface area contributed by atoms with Gasteiger partial charge in [-0.25, -0.2) is 10.9 Å². The van der Waals surface area contributed by atoms with Gasteiger partial charge in [0.05, 0.1) is 11.9 Å². The number of pyridine rings is 1. The number of carbonyl (C=O) groups is 2. The van der Waals surface area contributed by atoms with Gasteiger partial charge in [0.15, 0.2) is 0 Å². The summed E-state index contributed by atoms with van der Waals surface area (Å²) in [6.45, 7) is 0. The Morgan fingerprint density at radius 3 is 2.38 bits per heavy atom. The summed E-state index contributed by atoms with van der Waals surface area (Å²) in [5, 5.41) is 12.3. The quantitative estimate of drug-likeness (QED) is 0.279. The molecule has 0 bridgehead atoms. The van der Waals surface area contributed by atoms with Gasteiger partial charge in [-0.2, -0.15) is 5.10 Å². The molecule has 0 saturated heterocycles. The summed E-state index contributed by atoms with van der Waals surface area (Å²) in [6, 6.07) is 13.5. The molecule has 0 aliphatic carbocycles. The van der Waals surface area contributed by atoms with E-state index in [4.69, 9.17) is 5.21 Å². The van der Waals surface area contributed by atoms with E-state index in [1.54, 1.807) is 17.9 Å². The van der Waals surface area contributed by atoms with Crippen molar-refractivity contribution >= 4 is 18.0 Å². The number of unbranched alkanes of at least 4 members (excludes halogenated alkanes) is 2. The van der Waals surface area contributed by atoms with Crippen molar-refractivity contribution in [3.63, 3.8) is 0 Å². The number of nitrogens with one attached hydrogen (secondary N) is 2. The number of amides is 2. The minimum atomic E-state index is -0.409. The van der Waals surface area contributed by atoms with E-state index in [2.05, 4.69) is 15.5 Å². The molecule has 2 aromatic rings. The zero-order chi connectivity index (χ0) is 18.6. The Balaban J connectivity index is 1.69. The number of hydrogen-bond donors (Lipinski definition) is 3. The summed E-state index contributed by atoms with van der Waals surface area (Å²) in [6.07, 6.45) is 5.97. The van der Waals surface area contributed by atoms with Crippen LogP contribution in [0.2, 0.25) is 0 Å². The average molecular weight is 354 g/mol. The van der Waals surface area contributed by atoms with Gasteiger partial charge in [0.25, 0.3) is 0 Å². The number of nitrogens with zero attached hydrogens (tertiary/aromatic N) is 2. The van der Waals surface area contributed by atoms with E-state index >= 15 is 0 Å². The van der Waals surface area contributed by atoms with Gasteiger partial charge < -0.3 is 0 Å². The second kappa shape index (κ2) is 10.7. The minimum absolute atomic E-state index is 0.169. The van der Waals surface area contributed by atoms with Crippen LogP contribution in [0.4, 0.5) is 0 Å². The first-order valence-corrected chi connectivity index (χ1v) is 8.45. The van der Waals surface area contributed by atoms with Gasteiger partial charge in [-0.15, -0.1) is 0 Å². The van der Waals surface area contributed by atoms with Gasteiger partial charge in [0, 0.05) is 24.6 Å². The molecule has 136 valence electrons. The van der Waals surface area contributed by atoms with Crippen LogP contribution in [0.5, 0.6) is 0 Å². The molecule has 0 spiro atoms. The average Bonchev–Trinajstić information content (AvgIpc) is 2.68. The number of rotatable bonds is 9. The highest BCUT2D eigenvalue weighted by molar-refractivity contribution is 5.83. The summed E-state index contributed by atoms with van der Waals surface area (Å²) in [7, 11) is 0. The molecular weight excluding hydrogens is 332 g/mol. The summed E-state index contributed by atoms with van der Waals surface area (Å²) in [4.78, 5) is 26.8. The van der Waals surface area contributed by atoms with E-state index in [0.29, 0.717) is 19.3 Å². The number of hydrogen-bond acceptors (Lipinski definition) is 5. The Labute approximate surface area is 152 Å². The van der Waals surface area contributed by atoms with E-state index in [1.807, 2.05) is 42.5 Å². The SMILES string of the molecule is O=C(CCCCCC(=O)N/N=C/c1ccc(-c2ccccn2)cc1)NO. The molecule has 1 aromatic carbocycles. The fourth-order valence-electron chi connectivity index (χ4n) is 2.31. The van der Waals surface area contributed by atoms with Crippen LogP contribution < -0.4 is 10.9 Å². The van der Waals surface area contributed by atoms with Crippen LogP contribution in [-0.2, 0) is 9.59 Å². The van der Waals surface area contributed by atoms with E-state index < -0.39 is 5.91 Å². The molecule has 2 amide bonds. The van der Waals surface area contributed by atoms with E-state index in [-0.39, 0.29) is 12.3 Å². The maximum Gasteiger partial charge on any atom is 0.243 e. The Bertz CT molecular complexity index is 730. The lowest BCUT2D eigenvalue weighted by atomic mass is 10.1. The van der Waals surface area contributed by atoms with Gasteiger partial charge in [-0.3, -0.25) is 19.8 Å². The van der Waals surface area contributed by atoms with Crippen molar-refractivity contribution in [1.29, 1.82) is 0 Å². The largest absolute Gasteiger partial charge is 0.289 e. The van der Waals surface area contributed by atoms with Crippen LogP contribution in [-0.4, -0.2) is 28.2 Å². The van der Waals surface area contributed by atoms with Gasteiger partial charge in [0.1, 0.15) is 0 Å². The van der Waals surface area contributed by atoms with Crippen molar-refractivity contribution in [1.82, 2.24) is 15.9 Å². The summed E-state index contributed by atoms with van der Waals surface area (Å²) < 4.78 is 0. The molecule has 0 aliphatic heterocycles. The first-order valence-electron chi connectivity index (χ1n) is 8.45. The Hall–Kier alpha value is -3.06. The monoisotopic (exact) mass is 354 g/mol. The molecule has 1 aromatic heterocycles. The third-order valence-corrected chi connectivity index (χ3v) is 3.71. The fourth-order valence-corrected chi connectivity index (χ4v) is 2.31. The van der Waals surface area contributed by atoms with Crippen LogP contribution in [0.25, 0.3) is 11.3 Å². The highest BCUT2D eigenvalue weighted by Gasteiger charge is 2.02. The normalized spacial score (nSPS) is 10.7. The third kappa shape index (κ3) is 6.82. The van der Waals surface area contributed by atoms with Gasteiger partial charge in [-0.1, -0.05) is 36.8 Å². The minimum Gasteiger partial charge on any atom is -0.289 e. The molecule has 0 aliphatic rings. The zero-order valence-corrected chi connectivity index (χ0v) is 14.4. The summed E-state index contributed by atoms with van der Waals surface area (Å²) in [5.41, 5.74) is 6.86. The van der Waals surface area contributed by atoms with Crippen molar-refractivity contribution in [2.45, 2.75) is 32.1 Å². The summed E-state index contributed by atoms with van der Waals surface area (Å²) in [5.74, 6) is -0.578. The van der Waals surface area contributed by atoms with E-state index in [1.165, 1.54) is 0 Å². The van der Waals surface area contributed by atoms with E-state index in [0.717, 1.165) is 23.2 Å². The molecular formula is C19H22N4O3. The molecule has 0 unspecified atom stereocenters. The predicted octanol–water partition coefficient (Wildman–Crippen LogP) is 2.65. The highest BCUT2D eigenvalue weighted by atomic mass is 16.5. The first-order chi connectivity index (χ1) is 12.7. The van der Waals surface area contributed by atoms with Crippen LogP contribution in [0.15, 0.2) is 53.8 Å². The Kier molecular flexibility index (Phi) is 7.95. The molecule has 7 heteroatoms. The molecule has 7 nitrogen and oxygen atoms in total. The van der Waals surface area contributed by atoms with Crippen LogP contribution in [0.3, 0.4) is 0 Å². The molecule has 0 fully saturated rings. The third-order valence-electron chi connectivity index (χ3n) is 3.71. The number of carbonyl (C=O) groups excluding carboxylic acids is 2. The van der Waals surface area contributed by atoms with Crippen LogP contribution in [0, 0.1) is 0 Å². The zero-order valence-electron chi connectivity index (χ0n) is 14.4. The smallest absolute Gasteiger partial charge is 0.243 e. The number of hydroxylamine groups is 1. The van der Waals surface area contributed by atoms with Gasteiger partial charge in [-0.05, 0) is 30.5 Å². The maximum absolute atomic E-state index is 11.7. The van der Waals surface area contributed by atoms with Gasteiger partial charge >= 0.3 is 0 Å². The molecule has 2 rings (SSSR count). The lowest BCUT2D eigenvalue weighted by Gasteiger charge is -2.02. The maximum atomic E-state index is 11.7. The lowest BCUT2D eigenvalue weighted by Crippen LogP contribution is -2.18. The van der Waals surface area contributed by atoms with Crippen molar-refractivity contribution < 1.29 is 14.8 Å². The molecule has 0 atom stereocenters. The molecule has 26 heavy (non-hydrogen) atoms. The van der Waals surface area contributed by atoms with Crippen LogP contribution in [0.1, 0.15) is 37.7 Å². The number of aromatic nitrogens is 1. The molecule has 3 N–H and O–H groups in total. The van der Waals surface area contributed by atoms with E-state index in [9.17, 15) is 9.59 Å². The standard InChI is InChI=1S/C19H22N4O3/c24-18(7-2-1-3-8-19(25)23-26)22-21-14-15-9-11-16(12-10-15)17-6-4-5-13-20-17/h4-6,9-14,26H,1-3,7-8H2,(H,22,24)(H,23,25)/b21-14+. The van der Waals surface area contributed by atoms with Crippen molar-refractivity contribution in [3.05, 3.63) is 54.2 Å². The highest BCUT2D eigenvalue weighted by Crippen LogP contribution is 2.16. The molecule has 0 saturated carbocycles. The van der Waals surface area contributed by atoms with Crippen molar-refractivity contribution in [3.8, 4) is 11.3 Å². The summed E-state index contributed by atoms with van der Waals surface area (Å²) >= 11 is 0. The Morgan fingerprint density at radius 1 is 1.00 bits per heavy atom. The number of benzene rings is 1.